The summed E-state index contributed by atoms with van der Waals surface area (Å²) in [4.78, 5) is 24.6. The lowest BCUT2D eigenvalue weighted by molar-refractivity contribution is -0.144. The van der Waals surface area contributed by atoms with Gasteiger partial charge >= 0.3 is 12.1 Å². The van der Waals surface area contributed by atoms with E-state index in [1.807, 2.05) is 42.5 Å². The summed E-state index contributed by atoms with van der Waals surface area (Å²) in [6.45, 7) is -0.663. The van der Waals surface area contributed by atoms with Gasteiger partial charge in [-0.05, 0) is 35.0 Å². The van der Waals surface area contributed by atoms with Crippen LogP contribution in [-0.2, 0) is 20.5 Å². The Balaban J connectivity index is 1.49. The lowest BCUT2D eigenvalue weighted by Crippen LogP contribution is -2.23. The van der Waals surface area contributed by atoms with E-state index >= 15 is 0 Å². The van der Waals surface area contributed by atoms with Crippen LogP contribution < -0.4 is 5.32 Å². The number of alkyl halides is 3. The fraction of sp³-hybridized carbons (Fsp3) is 0.143. The molecular weight excluding hydrogens is 403 g/mol. The van der Waals surface area contributed by atoms with Crippen LogP contribution in [0.5, 0.6) is 0 Å². The van der Waals surface area contributed by atoms with Crippen LogP contribution in [0.25, 0.3) is 10.8 Å². The largest absolute Gasteiger partial charge is 0.455 e. The van der Waals surface area contributed by atoms with Crippen molar-refractivity contribution in [3.63, 3.8) is 0 Å². The summed E-state index contributed by atoms with van der Waals surface area (Å²) in [5, 5.41) is 4.24. The molecule has 0 heterocycles. The minimum absolute atomic E-state index is 0.0231. The average molecular weight is 419 g/mol. The molecule has 150 valence electrons. The van der Waals surface area contributed by atoms with E-state index in [9.17, 15) is 22.8 Å². The van der Waals surface area contributed by atoms with Crippen molar-refractivity contribution in [2.45, 2.75) is 11.1 Å². The number of para-hydroxylation sites is 1. The number of carbonyl (C=O) groups excluding carboxylic acids is 2. The summed E-state index contributed by atoms with van der Waals surface area (Å²) in [6, 6.07) is 18.1. The summed E-state index contributed by atoms with van der Waals surface area (Å²) in [7, 11) is 0. The molecule has 1 N–H and O–H groups in total. The standard InChI is InChI=1S/C21H16F3NO3S/c22-21(23,24)17-7-3-4-8-18(17)25-19(26)12-28-20(27)13-29-16-10-9-14-5-1-2-6-15(14)11-16/h1-11H,12-13H2,(H,25,26). The molecule has 0 atom stereocenters. The molecule has 8 heteroatoms. The van der Waals surface area contributed by atoms with Gasteiger partial charge in [-0.15, -0.1) is 11.8 Å². The zero-order valence-electron chi connectivity index (χ0n) is 15.0. The Bertz CT molecular complexity index is 1040. The van der Waals surface area contributed by atoms with Crippen LogP contribution >= 0.6 is 11.8 Å². The molecule has 0 saturated heterocycles. The van der Waals surface area contributed by atoms with Crippen molar-refractivity contribution < 1.29 is 27.5 Å². The van der Waals surface area contributed by atoms with Crippen molar-refractivity contribution >= 4 is 40.1 Å². The highest BCUT2D eigenvalue weighted by Crippen LogP contribution is 2.34. The van der Waals surface area contributed by atoms with Crippen molar-refractivity contribution in [1.82, 2.24) is 0 Å². The summed E-state index contributed by atoms with van der Waals surface area (Å²) in [5.41, 5.74) is -1.35. The molecule has 0 fully saturated rings. The second-order valence-corrected chi connectivity index (χ2v) is 7.10. The molecule has 3 aromatic rings. The maximum absolute atomic E-state index is 12.9. The molecule has 0 radical (unpaired) electrons. The quantitative estimate of drug-likeness (QED) is 0.444. The monoisotopic (exact) mass is 419 g/mol. The van der Waals surface area contributed by atoms with Crippen LogP contribution in [0.2, 0.25) is 0 Å². The molecule has 0 aliphatic rings. The highest BCUT2D eigenvalue weighted by atomic mass is 32.2. The van der Waals surface area contributed by atoms with E-state index in [1.54, 1.807) is 0 Å². The number of nitrogens with one attached hydrogen (secondary N) is 1. The molecule has 0 aliphatic carbocycles. The SMILES string of the molecule is O=C(COC(=O)CSc1ccc2ccccc2c1)Nc1ccccc1C(F)(F)F. The third-order valence-corrected chi connectivity index (χ3v) is 4.92. The van der Waals surface area contributed by atoms with Gasteiger partial charge in [-0.3, -0.25) is 9.59 Å². The van der Waals surface area contributed by atoms with Gasteiger partial charge in [0.05, 0.1) is 17.0 Å². The summed E-state index contributed by atoms with van der Waals surface area (Å²) in [5.74, 6) is -1.50. The number of hydrogen-bond donors (Lipinski definition) is 1. The first-order valence-corrected chi connectivity index (χ1v) is 9.55. The van der Waals surface area contributed by atoms with E-state index in [4.69, 9.17) is 4.74 Å². The van der Waals surface area contributed by atoms with Crippen LogP contribution in [0.15, 0.2) is 71.6 Å². The first kappa shape index (κ1) is 20.7. The Kier molecular flexibility index (Phi) is 6.43. The first-order valence-electron chi connectivity index (χ1n) is 8.56. The Morgan fingerprint density at radius 2 is 1.62 bits per heavy atom. The zero-order valence-corrected chi connectivity index (χ0v) is 15.8. The predicted molar refractivity (Wildman–Crippen MR) is 106 cm³/mol. The molecule has 0 saturated carbocycles. The van der Waals surface area contributed by atoms with E-state index in [1.165, 1.54) is 23.9 Å². The van der Waals surface area contributed by atoms with Crippen LogP contribution in [0.1, 0.15) is 5.56 Å². The van der Waals surface area contributed by atoms with Gasteiger partial charge in [-0.25, -0.2) is 0 Å². The fourth-order valence-corrected chi connectivity index (χ4v) is 3.36. The smallest absolute Gasteiger partial charge is 0.418 e. The number of fused-ring (bicyclic) bond motifs is 1. The van der Waals surface area contributed by atoms with Gasteiger partial charge in [0.1, 0.15) is 0 Å². The topological polar surface area (TPSA) is 55.4 Å². The highest BCUT2D eigenvalue weighted by molar-refractivity contribution is 8.00. The van der Waals surface area contributed by atoms with Crippen LogP contribution in [0, 0.1) is 0 Å². The van der Waals surface area contributed by atoms with E-state index in [0.717, 1.165) is 27.8 Å². The number of halogens is 3. The Hall–Kier alpha value is -3.00. The van der Waals surface area contributed by atoms with Gasteiger partial charge in [0, 0.05) is 4.90 Å². The van der Waals surface area contributed by atoms with Crippen LogP contribution in [-0.4, -0.2) is 24.2 Å². The minimum atomic E-state index is -4.60. The normalized spacial score (nSPS) is 11.3. The Morgan fingerprint density at radius 1 is 0.931 bits per heavy atom. The molecule has 0 aromatic heterocycles. The summed E-state index contributed by atoms with van der Waals surface area (Å²) >= 11 is 1.25. The lowest BCUT2D eigenvalue weighted by atomic mass is 10.1. The number of anilines is 1. The average Bonchev–Trinajstić information content (AvgIpc) is 2.70. The maximum atomic E-state index is 12.9. The van der Waals surface area contributed by atoms with Crippen molar-refractivity contribution in [2.24, 2.45) is 0 Å². The van der Waals surface area contributed by atoms with Gasteiger partial charge in [0.25, 0.3) is 5.91 Å². The number of carbonyl (C=O) groups is 2. The van der Waals surface area contributed by atoms with Crippen molar-refractivity contribution in [1.29, 1.82) is 0 Å². The number of ether oxygens (including phenoxy) is 1. The molecule has 3 aromatic carbocycles. The van der Waals surface area contributed by atoms with Gasteiger partial charge in [-0.2, -0.15) is 13.2 Å². The number of rotatable bonds is 6. The van der Waals surface area contributed by atoms with E-state index in [0.29, 0.717) is 0 Å². The number of benzene rings is 3. The molecule has 3 rings (SSSR count). The van der Waals surface area contributed by atoms with Crippen molar-refractivity contribution in [2.75, 3.05) is 17.7 Å². The van der Waals surface area contributed by atoms with Crippen molar-refractivity contribution in [3.05, 3.63) is 72.3 Å². The first-order chi connectivity index (χ1) is 13.8. The van der Waals surface area contributed by atoms with E-state index in [2.05, 4.69) is 5.32 Å². The van der Waals surface area contributed by atoms with Gasteiger partial charge in [-0.1, -0.05) is 42.5 Å². The number of hydrogen-bond acceptors (Lipinski definition) is 4. The molecule has 0 unspecified atom stereocenters. The predicted octanol–water partition coefficient (Wildman–Crippen LogP) is 5.13. The zero-order chi connectivity index (χ0) is 20.9. The lowest BCUT2D eigenvalue weighted by Gasteiger charge is -2.13. The molecule has 0 aliphatic heterocycles. The fourth-order valence-electron chi connectivity index (χ4n) is 2.61. The maximum Gasteiger partial charge on any atom is 0.418 e. The second-order valence-electron chi connectivity index (χ2n) is 6.05. The summed E-state index contributed by atoms with van der Waals surface area (Å²) in [6.07, 6.45) is -4.60. The third-order valence-electron chi connectivity index (χ3n) is 3.95. The Morgan fingerprint density at radius 3 is 2.38 bits per heavy atom. The van der Waals surface area contributed by atoms with Gasteiger partial charge in [0.15, 0.2) is 6.61 Å². The van der Waals surface area contributed by atoms with E-state index < -0.39 is 30.2 Å². The van der Waals surface area contributed by atoms with Gasteiger partial charge < -0.3 is 10.1 Å². The molecule has 4 nitrogen and oxygen atoms in total. The number of esters is 1. The third kappa shape index (κ3) is 5.74. The second kappa shape index (κ2) is 9.00. The van der Waals surface area contributed by atoms with Crippen LogP contribution in [0.3, 0.4) is 0 Å². The molecular formula is C21H16F3NO3S. The molecule has 0 spiro atoms. The van der Waals surface area contributed by atoms with Crippen molar-refractivity contribution in [3.8, 4) is 0 Å². The number of amides is 1. The minimum Gasteiger partial charge on any atom is -0.455 e. The van der Waals surface area contributed by atoms with Crippen LogP contribution in [0.4, 0.5) is 18.9 Å². The Labute approximate surface area is 169 Å². The molecule has 0 bridgehead atoms. The number of thioether (sulfide) groups is 1. The van der Waals surface area contributed by atoms with E-state index in [-0.39, 0.29) is 11.4 Å². The highest BCUT2D eigenvalue weighted by Gasteiger charge is 2.33. The van der Waals surface area contributed by atoms with Gasteiger partial charge in [0.2, 0.25) is 0 Å². The molecule has 29 heavy (non-hydrogen) atoms. The molecule has 1 amide bonds. The summed E-state index contributed by atoms with van der Waals surface area (Å²) < 4.78 is 43.7.